The van der Waals surface area contributed by atoms with Crippen LogP contribution in [0.25, 0.3) is 6.08 Å². The van der Waals surface area contributed by atoms with Crippen LogP contribution in [0.1, 0.15) is 5.56 Å². The van der Waals surface area contributed by atoms with Gasteiger partial charge in [0, 0.05) is 11.2 Å². The molecule has 1 aromatic carbocycles. The van der Waals surface area contributed by atoms with E-state index >= 15 is 0 Å². The summed E-state index contributed by atoms with van der Waals surface area (Å²) in [7, 11) is 0. The molecular weight excluding hydrogens is 162 g/mol. The summed E-state index contributed by atoms with van der Waals surface area (Å²) in [5.74, 6) is 0. The molecule has 0 radical (unpaired) electrons. The molecule has 0 fully saturated rings. The van der Waals surface area contributed by atoms with Crippen molar-refractivity contribution in [2.75, 3.05) is 0 Å². The fourth-order valence-corrected chi connectivity index (χ4v) is 0.833. The van der Waals surface area contributed by atoms with Gasteiger partial charge in [0.25, 0.3) is 0 Å². The van der Waals surface area contributed by atoms with Gasteiger partial charge >= 0.3 is 0 Å². The van der Waals surface area contributed by atoms with E-state index in [4.69, 9.17) is 16.8 Å². The minimum atomic E-state index is 0.708. The van der Waals surface area contributed by atoms with Crippen LogP contribution in [0.5, 0.6) is 0 Å². The maximum Gasteiger partial charge on any atom is 0.0406 e. The first-order valence-electron chi connectivity index (χ1n) is 3.14. The van der Waals surface area contributed by atoms with Gasteiger partial charge in [-0.2, -0.15) is 0 Å². The Morgan fingerprint density at radius 2 is 1.91 bits per heavy atom. The summed E-state index contributed by atoms with van der Waals surface area (Å²) < 4.78 is 0. The summed E-state index contributed by atoms with van der Waals surface area (Å²) in [4.78, 5) is 0. The van der Waals surface area contributed by atoms with Gasteiger partial charge in [-0.25, -0.2) is 0 Å². The molecule has 2 nitrogen and oxygen atoms in total. The second-order valence-electron chi connectivity index (χ2n) is 2.01. The minimum absolute atomic E-state index is 0.708. The fourth-order valence-electron chi connectivity index (χ4n) is 0.707. The monoisotopic (exact) mass is 169 g/mol. The zero-order valence-electron chi connectivity index (χ0n) is 5.79. The lowest BCUT2D eigenvalue weighted by molar-refractivity contribution is 0.215. The van der Waals surface area contributed by atoms with Crippen molar-refractivity contribution in [3.05, 3.63) is 41.1 Å². The van der Waals surface area contributed by atoms with Crippen LogP contribution in [-0.2, 0) is 0 Å². The smallest absolute Gasteiger partial charge is 0.0406 e. The average molecular weight is 170 g/mol. The van der Waals surface area contributed by atoms with Gasteiger partial charge in [-0.15, -0.1) is 0 Å². The van der Waals surface area contributed by atoms with Gasteiger partial charge < -0.3 is 0 Å². The molecule has 3 heteroatoms. The van der Waals surface area contributed by atoms with Crippen molar-refractivity contribution in [3.63, 3.8) is 0 Å². The van der Waals surface area contributed by atoms with Crippen LogP contribution in [0.15, 0.2) is 30.5 Å². The molecule has 0 unspecified atom stereocenters. The van der Waals surface area contributed by atoms with Crippen LogP contribution >= 0.6 is 11.6 Å². The molecule has 0 aromatic heterocycles. The summed E-state index contributed by atoms with van der Waals surface area (Å²) in [6.45, 7) is 0. The first-order chi connectivity index (χ1) is 5.33. The van der Waals surface area contributed by atoms with Crippen LogP contribution in [0.2, 0.25) is 5.02 Å². The Morgan fingerprint density at radius 3 is 2.45 bits per heavy atom. The molecule has 0 aliphatic carbocycles. The predicted octanol–water partition coefficient (Wildman–Crippen LogP) is 2.29. The predicted molar refractivity (Wildman–Crippen MR) is 45.4 cm³/mol. The first kappa shape index (κ1) is 8.11. The van der Waals surface area contributed by atoms with Crippen LogP contribution in [0.4, 0.5) is 0 Å². The molecule has 0 spiro atoms. The van der Waals surface area contributed by atoms with Gasteiger partial charge in [-0.3, -0.25) is 10.7 Å². The number of hydroxylamine groups is 1. The van der Waals surface area contributed by atoms with E-state index in [0.717, 1.165) is 5.56 Å². The Labute approximate surface area is 70.1 Å². The normalized spacial score (nSPS) is 10.4. The van der Waals surface area contributed by atoms with Crippen molar-refractivity contribution >= 4 is 17.7 Å². The zero-order chi connectivity index (χ0) is 8.10. The van der Waals surface area contributed by atoms with Gasteiger partial charge in [0.15, 0.2) is 0 Å². The number of rotatable bonds is 2. The molecule has 1 aromatic rings. The second-order valence-corrected chi connectivity index (χ2v) is 2.45. The van der Waals surface area contributed by atoms with Crippen molar-refractivity contribution in [2.24, 2.45) is 0 Å². The van der Waals surface area contributed by atoms with Gasteiger partial charge in [0.05, 0.1) is 0 Å². The second kappa shape index (κ2) is 4.01. The molecule has 0 amide bonds. The molecule has 2 N–H and O–H groups in total. The topological polar surface area (TPSA) is 32.3 Å². The van der Waals surface area contributed by atoms with E-state index in [0.29, 0.717) is 5.02 Å². The molecule has 0 atom stereocenters. The summed E-state index contributed by atoms with van der Waals surface area (Å²) in [6.07, 6.45) is 3.17. The molecule has 0 aliphatic rings. The molecule has 1 rings (SSSR count). The highest BCUT2D eigenvalue weighted by Crippen LogP contribution is 2.09. The SMILES string of the molecule is ONC=Cc1ccc(Cl)cc1. The van der Waals surface area contributed by atoms with Gasteiger partial charge in [0.2, 0.25) is 0 Å². The van der Waals surface area contributed by atoms with Crippen molar-refractivity contribution < 1.29 is 5.21 Å². The number of benzene rings is 1. The van der Waals surface area contributed by atoms with Crippen molar-refractivity contribution in [2.45, 2.75) is 0 Å². The van der Waals surface area contributed by atoms with Crippen LogP contribution in [-0.4, -0.2) is 5.21 Å². The number of hydrogen-bond donors (Lipinski definition) is 2. The molecule has 11 heavy (non-hydrogen) atoms. The maximum atomic E-state index is 8.22. The van der Waals surface area contributed by atoms with E-state index in [2.05, 4.69) is 0 Å². The lowest BCUT2D eigenvalue weighted by Crippen LogP contribution is -1.91. The number of halogens is 1. The lowest BCUT2D eigenvalue weighted by atomic mass is 10.2. The third-order valence-electron chi connectivity index (χ3n) is 1.22. The number of nitrogens with one attached hydrogen (secondary N) is 1. The Morgan fingerprint density at radius 1 is 1.27 bits per heavy atom. The standard InChI is InChI=1S/C8H8ClNO/c9-8-3-1-7(2-4-8)5-6-10-11/h1-6,10-11H. The largest absolute Gasteiger partial charge is 0.292 e. The summed E-state index contributed by atoms with van der Waals surface area (Å²) >= 11 is 5.66. The molecular formula is C8H8ClNO. The number of hydrogen-bond acceptors (Lipinski definition) is 2. The van der Waals surface area contributed by atoms with Crippen LogP contribution in [0.3, 0.4) is 0 Å². The third kappa shape index (κ3) is 2.62. The molecule has 0 aliphatic heterocycles. The average Bonchev–Trinajstić information content (AvgIpc) is 2.04. The van der Waals surface area contributed by atoms with Gasteiger partial charge in [-0.05, 0) is 23.8 Å². The van der Waals surface area contributed by atoms with Crippen molar-refractivity contribution in [1.82, 2.24) is 5.48 Å². The van der Waals surface area contributed by atoms with E-state index in [-0.39, 0.29) is 0 Å². The Balaban J connectivity index is 2.73. The van der Waals surface area contributed by atoms with E-state index in [1.54, 1.807) is 18.2 Å². The lowest BCUT2D eigenvalue weighted by Gasteiger charge is -1.92. The van der Waals surface area contributed by atoms with E-state index in [1.165, 1.54) is 6.20 Å². The van der Waals surface area contributed by atoms with Gasteiger partial charge in [0.1, 0.15) is 0 Å². The zero-order valence-corrected chi connectivity index (χ0v) is 6.55. The van der Waals surface area contributed by atoms with Crippen LogP contribution < -0.4 is 5.48 Å². The molecule has 0 saturated heterocycles. The Hall–Kier alpha value is -0.990. The molecule has 0 bridgehead atoms. The van der Waals surface area contributed by atoms with Gasteiger partial charge in [-0.1, -0.05) is 23.7 Å². The van der Waals surface area contributed by atoms with E-state index < -0.39 is 0 Å². The van der Waals surface area contributed by atoms with E-state index in [1.807, 2.05) is 17.6 Å². The van der Waals surface area contributed by atoms with Crippen LogP contribution in [0, 0.1) is 0 Å². The molecule has 58 valence electrons. The third-order valence-corrected chi connectivity index (χ3v) is 1.47. The van der Waals surface area contributed by atoms with E-state index in [9.17, 15) is 0 Å². The Bertz CT molecular complexity index is 243. The highest BCUT2D eigenvalue weighted by molar-refractivity contribution is 6.30. The fraction of sp³-hybridized carbons (Fsp3) is 0. The molecule has 0 heterocycles. The first-order valence-corrected chi connectivity index (χ1v) is 3.52. The van der Waals surface area contributed by atoms with Crippen molar-refractivity contribution in [1.29, 1.82) is 0 Å². The summed E-state index contributed by atoms with van der Waals surface area (Å²) in [6, 6.07) is 7.30. The maximum absolute atomic E-state index is 8.22. The summed E-state index contributed by atoms with van der Waals surface area (Å²) in [5, 5.41) is 8.93. The highest BCUT2D eigenvalue weighted by atomic mass is 35.5. The minimum Gasteiger partial charge on any atom is -0.292 e. The quantitative estimate of drug-likeness (QED) is 0.666. The summed E-state index contributed by atoms with van der Waals surface area (Å²) in [5.41, 5.74) is 2.90. The molecule has 0 saturated carbocycles. The Kier molecular flexibility index (Phi) is 2.95. The highest BCUT2D eigenvalue weighted by Gasteiger charge is 1.85. The van der Waals surface area contributed by atoms with Crippen molar-refractivity contribution in [3.8, 4) is 0 Å².